The van der Waals surface area contributed by atoms with Crippen molar-refractivity contribution in [2.24, 2.45) is 0 Å². The van der Waals surface area contributed by atoms with E-state index in [1.165, 1.54) is 12.1 Å². The first-order valence-electron chi connectivity index (χ1n) is 8.21. The van der Waals surface area contributed by atoms with E-state index in [0.717, 1.165) is 5.56 Å². The lowest BCUT2D eigenvalue weighted by Gasteiger charge is -2.26. The average molecular weight is 347 g/mol. The van der Waals surface area contributed by atoms with Gasteiger partial charge in [-0.2, -0.15) is 0 Å². The van der Waals surface area contributed by atoms with Crippen molar-refractivity contribution in [2.75, 3.05) is 20.1 Å². The highest BCUT2D eigenvalue weighted by molar-refractivity contribution is 5.96. The van der Waals surface area contributed by atoms with E-state index in [1.807, 2.05) is 11.9 Å². The average Bonchev–Trinajstić information content (AvgIpc) is 3.12. The molecule has 0 aliphatic carbocycles. The fourth-order valence-electron chi connectivity index (χ4n) is 3.31. The van der Waals surface area contributed by atoms with Crippen LogP contribution in [0.5, 0.6) is 0 Å². The number of aryl methyl sites for hydroxylation is 2. The van der Waals surface area contributed by atoms with Crippen LogP contribution in [0.25, 0.3) is 0 Å². The number of halogens is 1. The van der Waals surface area contributed by atoms with Crippen LogP contribution in [0.1, 0.15) is 27.4 Å². The zero-order chi connectivity index (χ0) is 18.1. The number of benzene rings is 1. The summed E-state index contributed by atoms with van der Waals surface area (Å²) in [5, 5.41) is 14.2. The van der Waals surface area contributed by atoms with Crippen LogP contribution in [-0.2, 0) is 6.54 Å². The summed E-state index contributed by atoms with van der Waals surface area (Å²) in [6, 6.07) is 6.10. The number of rotatable bonds is 4. The summed E-state index contributed by atoms with van der Waals surface area (Å²) in [5.41, 5.74) is 1.97. The van der Waals surface area contributed by atoms with Gasteiger partial charge in [0.15, 0.2) is 0 Å². The highest BCUT2D eigenvalue weighted by atomic mass is 19.1. The maximum absolute atomic E-state index is 13.0. The van der Waals surface area contributed by atoms with Gasteiger partial charge in [0.1, 0.15) is 17.1 Å². The maximum atomic E-state index is 13.0. The molecule has 0 saturated carbocycles. The molecule has 1 aliphatic rings. The first-order chi connectivity index (χ1) is 11.9. The number of carbonyl (C=O) groups excluding carboxylic acids is 1. The third-order valence-electron chi connectivity index (χ3n) is 4.70. The van der Waals surface area contributed by atoms with Gasteiger partial charge in [0.25, 0.3) is 5.91 Å². The SMILES string of the molecule is Cc1noc(C)c1C(=O)N1C[C@@H](O)[C@H](N(C)Cc2ccc(F)cc2)C1. The fourth-order valence-corrected chi connectivity index (χ4v) is 3.31. The third-order valence-corrected chi connectivity index (χ3v) is 4.70. The lowest BCUT2D eigenvalue weighted by molar-refractivity contribution is 0.0760. The van der Waals surface area contributed by atoms with Gasteiger partial charge in [0, 0.05) is 19.6 Å². The Labute approximate surface area is 145 Å². The summed E-state index contributed by atoms with van der Waals surface area (Å²) in [4.78, 5) is 16.3. The van der Waals surface area contributed by atoms with E-state index in [-0.39, 0.29) is 24.3 Å². The molecule has 0 unspecified atom stereocenters. The van der Waals surface area contributed by atoms with Crippen molar-refractivity contribution < 1.29 is 18.8 Å². The standard InChI is InChI=1S/C18H22FN3O3/c1-11-17(12(2)25-20-11)18(24)22-9-15(16(23)10-22)21(3)8-13-4-6-14(19)7-5-13/h4-7,15-16,23H,8-10H2,1-3H3/t15-,16-/m1/s1. The van der Waals surface area contributed by atoms with Crippen LogP contribution in [0.4, 0.5) is 4.39 Å². The van der Waals surface area contributed by atoms with E-state index in [1.54, 1.807) is 30.9 Å². The number of aliphatic hydroxyl groups is 1. The summed E-state index contributed by atoms with van der Waals surface area (Å²) in [6.45, 7) is 4.69. The van der Waals surface area contributed by atoms with E-state index in [9.17, 15) is 14.3 Å². The van der Waals surface area contributed by atoms with Crippen LogP contribution in [0.3, 0.4) is 0 Å². The summed E-state index contributed by atoms with van der Waals surface area (Å²) in [7, 11) is 1.89. The normalized spacial score (nSPS) is 20.5. The Morgan fingerprint density at radius 1 is 1.36 bits per heavy atom. The minimum absolute atomic E-state index is 0.173. The van der Waals surface area contributed by atoms with Gasteiger partial charge in [0.2, 0.25) is 0 Å². The molecular weight excluding hydrogens is 325 g/mol. The summed E-state index contributed by atoms with van der Waals surface area (Å²) < 4.78 is 18.1. The van der Waals surface area contributed by atoms with Gasteiger partial charge in [-0.1, -0.05) is 17.3 Å². The Morgan fingerprint density at radius 3 is 2.64 bits per heavy atom. The molecule has 1 aliphatic heterocycles. The second-order valence-electron chi connectivity index (χ2n) is 6.59. The van der Waals surface area contributed by atoms with E-state index < -0.39 is 6.10 Å². The number of hydrogen-bond acceptors (Lipinski definition) is 5. The predicted molar refractivity (Wildman–Crippen MR) is 89.5 cm³/mol. The van der Waals surface area contributed by atoms with Gasteiger partial charge in [-0.25, -0.2) is 4.39 Å². The molecule has 1 amide bonds. The molecule has 6 nitrogen and oxygen atoms in total. The topological polar surface area (TPSA) is 69.8 Å². The molecule has 0 radical (unpaired) electrons. The summed E-state index contributed by atoms with van der Waals surface area (Å²) in [6.07, 6.45) is -0.644. The number of likely N-dealkylation sites (N-methyl/N-ethyl adjacent to an activating group) is 1. The molecule has 7 heteroatoms. The lowest BCUT2D eigenvalue weighted by atomic mass is 10.1. The molecule has 1 aromatic heterocycles. The predicted octanol–water partition coefficient (Wildman–Crippen LogP) is 1.75. The molecule has 2 atom stereocenters. The second kappa shape index (κ2) is 6.93. The number of carbonyl (C=O) groups is 1. The van der Waals surface area contributed by atoms with Crippen LogP contribution in [0, 0.1) is 19.7 Å². The lowest BCUT2D eigenvalue weighted by Crippen LogP contribution is -2.40. The van der Waals surface area contributed by atoms with Gasteiger partial charge in [0.05, 0.1) is 17.8 Å². The Kier molecular flexibility index (Phi) is 4.87. The molecule has 0 bridgehead atoms. The number of aromatic nitrogens is 1. The van der Waals surface area contributed by atoms with Crippen molar-refractivity contribution in [2.45, 2.75) is 32.5 Å². The van der Waals surface area contributed by atoms with Crippen LogP contribution in [-0.4, -0.2) is 58.3 Å². The van der Waals surface area contributed by atoms with E-state index in [4.69, 9.17) is 4.52 Å². The smallest absolute Gasteiger partial charge is 0.259 e. The summed E-state index contributed by atoms with van der Waals surface area (Å²) in [5.74, 6) is 0.0385. The first kappa shape index (κ1) is 17.6. The van der Waals surface area contributed by atoms with Crippen molar-refractivity contribution in [3.05, 3.63) is 52.7 Å². The molecule has 1 fully saturated rings. The molecule has 2 aromatic rings. The number of likely N-dealkylation sites (tertiary alicyclic amines) is 1. The fraction of sp³-hybridized carbons (Fsp3) is 0.444. The van der Waals surface area contributed by atoms with Gasteiger partial charge < -0.3 is 14.5 Å². The van der Waals surface area contributed by atoms with Crippen molar-refractivity contribution >= 4 is 5.91 Å². The van der Waals surface area contributed by atoms with E-state index in [0.29, 0.717) is 30.1 Å². The van der Waals surface area contributed by atoms with Crippen molar-refractivity contribution in [3.63, 3.8) is 0 Å². The third kappa shape index (κ3) is 3.57. The molecule has 1 saturated heterocycles. The number of hydrogen-bond donors (Lipinski definition) is 1. The van der Waals surface area contributed by atoms with Crippen LogP contribution >= 0.6 is 0 Å². The quantitative estimate of drug-likeness (QED) is 0.912. The Balaban J connectivity index is 1.68. The van der Waals surface area contributed by atoms with Gasteiger partial charge in [-0.15, -0.1) is 0 Å². The van der Waals surface area contributed by atoms with Crippen LogP contribution in [0.2, 0.25) is 0 Å². The molecule has 134 valence electrons. The van der Waals surface area contributed by atoms with Crippen LogP contribution < -0.4 is 0 Å². The molecular formula is C18H22FN3O3. The van der Waals surface area contributed by atoms with Crippen LogP contribution in [0.15, 0.2) is 28.8 Å². The minimum atomic E-state index is -0.644. The monoisotopic (exact) mass is 347 g/mol. The molecule has 1 N–H and O–H groups in total. The summed E-state index contributed by atoms with van der Waals surface area (Å²) >= 11 is 0. The van der Waals surface area contributed by atoms with E-state index in [2.05, 4.69) is 5.16 Å². The van der Waals surface area contributed by atoms with Gasteiger partial charge in [-0.05, 0) is 38.6 Å². The number of β-amino-alcohol motifs (C(OH)–C–C–N with tert-alkyl or cyclic N) is 1. The van der Waals surface area contributed by atoms with Gasteiger partial charge >= 0.3 is 0 Å². The number of nitrogens with zero attached hydrogens (tertiary/aromatic N) is 3. The molecule has 1 aromatic carbocycles. The first-order valence-corrected chi connectivity index (χ1v) is 8.21. The molecule has 2 heterocycles. The Bertz CT molecular complexity index is 740. The highest BCUT2D eigenvalue weighted by Gasteiger charge is 2.38. The van der Waals surface area contributed by atoms with Crippen molar-refractivity contribution in [3.8, 4) is 0 Å². The highest BCUT2D eigenvalue weighted by Crippen LogP contribution is 2.22. The Morgan fingerprint density at radius 2 is 2.04 bits per heavy atom. The molecule has 0 spiro atoms. The van der Waals surface area contributed by atoms with Crippen molar-refractivity contribution in [1.29, 1.82) is 0 Å². The zero-order valence-electron chi connectivity index (χ0n) is 14.6. The molecule has 3 rings (SSSR count). The number of aliphatic hydroxyl groups excluding tert-OH is 1. The van der Waals surface area contributed by atoms with E-state index >= 15 is 0 Å². The largest absolute Gasteiger partial charge is 0.390 e. The minimum Gasteiger partial charge on any atom is -0.390 e. The molecule has 25 heavy (non-hydrogen) atoms. The Hall–Kier alpha value is -2.25. The number of amides is 1. The maximum Gasteiger partial charge on any atom is 0.259 e. The second-order valence-corrected chi connectivity index (χ2v) is 6.59. The van der Waals surface area contributed by atoms with Crippen molar-refractivity contribution in [1.82, 2.24) is 15.0 Å². The van der Waals surface area contributed by atoms with Gasteiger partial charge in [-0.3, -0.25) is 9.69 Å². The zero-order valence-corrected chi connectivity index (χ0v) is 14.6.